The molecule has 178 valence electrons. The number of aromatic nitrogens is 3. The van der Waals surface area contributed by atoms with E-state index in [0.717, 1.165) is 16.9 Å². The Morgan fingerprint density at radius 1 is 0.886 bits per heavy atom. The van der Waals surface area contributed by atoms with Crippen LogP contribution in [0.4, 0.5) is 5.69 Å². The molecule has 1 fully saturated rings. The molecule has 3 heterocycles. The number of para-hydroxylation sites is 1. The molecule has 5 rings (SSSR count). The summed E-state index contributed by atoms with van der Waals surface area (Å²) in [6.07, 6.45) is 1.55. The number of piperazine rings is 1. The second-order valence-corrected chi connectivity index (χ2v) is 10.1. The highest BCUT2D eigenvalue weighted by molar-refractivity contribution is 7.93. The van der Waals surface area contributed by atoms with E-state index in [2.05, 4.69) is 19.3 Å². The summed E-state index contributed by atoms with van der Waals surface area (Å²) in [5, 5.41) is 6.13. The summed E-state index contributed by atoms with van der Waals surface area (Å²) in [6.45, 7) is 1.59. The fraction of sp³-hybridized carbons (Fsp3) is 0.174. The number of carbonyl (C=O) groups is 2. The second kappa shape index (κ2) is 9.39. The number of hydrogen-bond donors (Lipinski definition) is 1. The van der Waals surface area contributed by atoms with Crippen molar-refractivity contribution in [3.05, 3.63) is 77.4 Å². The molecule has 0 bridgehead atoms. The molecule has 1 saturated heterocycles. The lowest BCUT2D eigenvalue weighted by Gasteiger charge is -2.34. The smallest absolute Gasteiger partial charge is 0.275 e. The van der Waals surface area contributed by atoms with Crippen LogP contribution in [0.15, 0.2) is 71.1 Å². The Balaban J connectivity index is 1.24. The van der Waals surface area contributed by atoms with Crippen LogP contribution in [0.3, 0.4) is 0 Å². The highest BCUT2D eigenvalue weighted by Gasteiger charge is 2.26. The first-order chi connectivity index (χ1) is 16.9. The molecule has 4 aromatic rings. The molecular weight excluding hydrogens is 488 g/mol. The average molecular weight is 509 g/mol. The van der Waals surface area contributed by atoms with E-state index < -0.39 is 10.0 Å². The lowest BCUT2D eigenvalue weighted by molar-refractivity contribution is 0.0532. The number of rotatable bonds is 5. The van der Waals surface area contributed by atoms with Gasteiger partial charge in [0.05, 0.1) is 5.52 Å². The summed E-state index contributed by atoms with van der Waals surface area (Å²) in [4.78, 5) is 32.9. The molecule has 0 spiro atoms. The number of sulfonamides is 1. The summed E-state index contributed by atoms with van der Waals surface area (Å²) in [7, 11) is -3.88. The SMILES string of the molecule is O=C(c1ccc(NS(=O)(=O)c2cccc3cccnc23)cc1)N1CCN(C(=O)c2csnn2)CC1. The molecule has 10 nitrogen and oxygen atoms in total. The van der Waals surface area contributed by atoms with Gasteiger partial charge in [-0.2, -0.15) is 0 Å². The lowest BCUT2D eigenvalue weighted by atomic mass is 10.1. The van der Waals surface area contributed by atoms with Gasteiger partial charge in [0, 0.05) is 54.4 Å². The van der Waals surface area contributed by atoms with E-state index in [1.165, 1.54) is 6.07 Å². The fourth-order valence-corrected chi connectivity index (χ4v) is 5.57. The Kier molecular flexibility index (Phi) is 6.14. The number of benzene rings is 2. The van der Waals surface area contributed by atoms with Crippen molar-refractivity contribution in [3.8, 4) is 0 Å². The van der Waals surface area contributed by atoms with Gasteiger partial charge in [-0.1, -0.05) is 22.7 Å². The van der Waals surface area contributed by atoms with Crippen LogP contribution in [0, 0.1) is 0 Å². The minimum atomic E-state index is -3.88. The van der Waals surface area contributed by atoms with Gasteiger partial charge in [-0.15, -0.1) is 5.10 Å². The van der Waals surface area contributed by atoms with Crippen LogP contribution in [0.25, 0.3) is 10.9 Å². The molecule has 1 aliphatic heterocycles. The summed E-state index contributed by atoms with van der Waals surface area (Å²) >= 11 is 1.12. The number of fused-ring (bicyclic) bond motifs is 1. The van der Waals surface area contributed by atoms with Crippen molar-refractivity contribution in [1.82, 2.24) is 24.4 Å². The Bertz CT molecular complexity index is 1480. The number of hydrogen-bond acceptors (Lipinski definition) is 8. The minimum Gasteiger partial charge on any atom is -0.335 e. The molecule has 0 aliphatic carbocycles. The number of carbonyl (C=O) groups excluding carboxylic acids is 2. The Morgan fingerprint density at radius 3 is 2.26 bits per heavy atom. The van der Waals surface area contributed by atoms with Crippen LogP contribution >= 0.6 is 11.5 Å². The monoisotopic (exact) mass is 508 g/mol. The van der Waals surface area contributed by atoms with Gasteiger partial charge in [0.2, 0.25) is 0 Å². The molecule has 1 N–H and O–H groups in total. The predicted molar refractivity (Wildman–Crippen MR) is 131 cm³/mol. The molecule has 0 atom stereocenters. The van der Waals surface area contributed by atoms with Gasteiger partial charge in [-0.05, 0) is 47.9 Å². The van der Waals surface area contributed by atoms with Crippen LogP contribution in [-0.2, 0) is 10.0 Å². The topological polar surface area (TPSA) is 125 Å². The lowest BCUT2D eigenvalue weighted by Crippen LogP contribution is -2.50. The molecule has 12 heteroatoms. The van der Waals surface area contributed by atoms with Crippen molar-refractivity contribution in [1.29, 1.82) is 0 Å². The molecule has 1 aliphatic rings. The van der Waals surface area contributed by atoms with E-state index in [0.29, 0.717) is 48.6 Å². The number of amides is 2. The molecule has 0 saturated carbocycles. The minimum absolute atomic E-state index is 0.0802. The summed E-state index contributed by atoms with van der Waals surface area (Å²) in [5.41, 5.74) is 1.47. The van der Waals surface area contributed by atoms with Gasteiger partial charge in [-0.25, -0.2) is 8.42 Å². The number of pyridine rings is 1. The van der Waals surface area contributed by atoms with Crippen molar-refractivity contribution in [2.24, 2.45) is 0 Å². The maximum atomic E-state index is 13.0. The maximum absolute atomic E-state index is 13.0. The van der Waals surface area contributed by atoms with Crippen molar-refractivity contribution < 1.29 is 18.0 Å². The van der Waals surface area contributed by atoms with Gasteiger partial charge in [0.25, 0.3) is 21.8 Å². The third kappa shape index (κ3) is 4.70. The summed E-state index contributed by atoms with van der Waals surface area (Å²) < 4.78 is 32.2. The zero-order valence-corrected chi connectivity index (χ0v) is 20.0. The van der Waals surface area contributed by atoms with E-state index in [1.54, 1.807) is 69.9 Å². The summed E-state index contributed by atoms with van der Waals surface area (Å²) in [6, 6.07) is 14.8. The van der Waals surface area contributed by atoms with Crippen LogP contribution in [0.1, 0.15) is 20.8 Å². The average Bonchev–Trinajstić information content (AvgIpc) is 3.43. The van der Waals surface area contributed by atoms with Gasteiger partial charge in [0.1, 0.15) is 4.90 Å². The van der Waals surface area contributed by atoms with Crippen LogP contribution < -0.4 is 4.72 Å². The second-order valence-electron chi connectivity index (χ2n) is 7.89. The molecule has 0 radical (unpaired) electrons. The highest BCUT2D eigenvalue weighted by Crippen LogP contribution is 2.23. The largest absolute Gasteiger partial charge is 0.335 e. The first-order valence-corrected chi connectivity index (χ1v) is 13.1. The molecule has 2 amide bonds. The quantitative estimate of drug-likeness (QED) is 0.439. The van der Waals surface area contributed by atoms with Crippen LogP contribution in [0.5, 0.6) is 0 Å². The highest BCUT2D eigenvalue weighted by atomic mass is 32.2. The zero-order chi connectivity index (χ0) is 24.4. The van der Waals surface area contributed by atoms with Gasteiger partial charge < -0.3 is 9.80 Å². The third-order valence-corrected chi connectivity index (χ3v) is 7.62. The molecular formula is C23H20N6O4S2. The molecule has 2 aromatic heterocycles. The first kappa shape index (κ1) is 22.9. The third-order valence-electron chi connectivity index (χ3n) is 5.70. The van der Waals surface area contributed by atoms with Crippen molar-refractivity contribution in [2.75, 3.05) is 30.9 Å². The molecule has 0 unspecified atom stereocenters. The number of nitrogens with one attached hydrogen (secondary N) is 1. The van der Waals surface area contributed by atoms with E-state index in [9.17, 15) is 18.0 Å². The van der Waals surface area contributed by atoms with Crippen LogP contribution in [0.2, 0.25) is 0 Å². The van der Waals surface area contributed by atoms with Crippen molar-refractivity contribution in [2.45, 2.75) is 4.90 Å². The maximum Gasteiger partial charge on any atom is 0.275 e. The van der Waals surface area contributed by atoms with Crippen molar-refractivity contribution in [3.63, 3.8) is 0 Å². The van der Waals surface area contributed by atoms with E-state index in [1.807, 2.05) is 0 Å². The van der Waals surface area contributed by atoms with Gasteiger partial charge in [0.15, 0.2) is 5.69 Å². The van der Waals surface area contributed by atoms with Gasteiger partial charge >= 0.3 is 0 Å². The normalized spacial score (nSPS) is 14.2. The first-order valence-electron chi connectivity index (χ1n) is 10.7. The van der Waals surface area contributed by atoms with E-state index >= 15 is 0 Å². The summed E-state index contributed by atoms with van der Waals surface area (Å²) in [5.74, 6) is -0.371. The Labute approximate surface area is 205 Å². The van der Waals surface area contributed by atoms with Crippen molar-refractivity contribution >= 4 is 50.0 Å². The Morgan fingerprint density at radius 2 is 1.57 bits per heavy atom. The zero-order valence-electron chi connectivity index (χ0n) is 18.4. The van der Waals surface area contributed by atoms with Gasteiger partial charge in [-0.3, -0.25) is 19.3 Å². The van der Waals surface area contributed by atoms with E-state index in [4.69, 9.17) is 0 Å². The Hall–Kier alpha value is -3.90. The van der Waals surface area contributed by atoms with E-state index in [-0.39, 0.29) is 16.7 Å². The molecule has 2 aromatic carbocycles. The van der Waals surface area contributed by atoms with Crippen LogP contribution in [-0.4, -0.2) is 70.8 Å². The predicted octanol–water partition coefficient (Wildman–Crippen LogP) is 2.49. The fourth-order valence-electron chi connectivity index (χ4n) is 3.90. The number of nitrogens with zero attached hydrogens (tertiary/aromatic N) is 5. The standard InChI is InChI=1S/C23H20N6O4S2/c30-22(28-11-13-29(14-12-28)23(31)19-15-34-27-25-19)17-6-8-18(9-7-17)26-35(32,33)20-5-1-3-16-4-2-10-24-21(16)20/h1-10,15,26H,11-14H2. The number of anilines is 1. The molecule has 35 heavy (non-hydrogen) atoms.